The van der Waals surface area contributed by atoms with Crippen LogP contribution in [0, 0.1) is 0 Å². The van der Waals surface area contributed by atoms with Gasteiger partial charge in [0.1, 0.15) is 0 Å². The molecule has 0 bridgehead atoms. The zero-order chi connectivity index (χ0) is 41.9. The molecule has 0 saturated carbocycles. The lowest BCUT2D eigenvalue weighted by molar-refractivity contribution is -0.118. The van der Waals surface area contributed by atoms with E-state index >= 15 is 0 Å². The molecule has 56 heavy (non-hydrogen) atoms. The Morgan fingerprint density at radius 2 is 0.714 bits per heavy atom. The maximum atomic E-state index is 12.6. The van der Waals surface area contributed by atoms with Crippen molar-refractivity contribution in [3.05, 3.63) is 128 Å². The Balaban J connectivity index is 2.29. The van der Waals surface area contributed by atoms with Crippen molar-refractivity contribution in [3.8, 4) is 0 Å². The standard InChI is InChI=1S/C53H80O3/c1-40(2)21-13-22-41(3)23-14-24-42(4)25-15-26-43(5)27-16-28-44(6)29-17-30-45(7)31-18-32-46(8)33-19-34-47(9)35-20-36-48(10)37-38-50-49(11)51(54)39-52(56-12)53(50)55/h21,23,25,27,29,31,33,35,37,39H,13-20,22,24,26,28,30,32,34,36,38H2,1-12H3. The number of hydrogen-bond donors (Lipinski definition) is 0. The van der Waals surface area contributed by atoms with Crippen molar-refractivity contribution in [2.75, 3.05) is 7.11 Å². The van der Waals surface area contributed by atoms with E-state index < -0.39 is 0 Å². The molecule has 3 nitrogen and oxygen atoms in total. The van der Waals surface area contributed by atoms with Gasteiger partial charge in [0, 0.05) is 17.2 Å². The van der Waals surface area contributed by atoms with E-state index in [1.165, 1.54) is 82.6 Å². The number of ketones is 2. The molecule has 1 rings (SSSR count). The number of carbonyl (C=O) groups is 2. The highest BCUT2D eigenvalue weighted by atomic mass is 16.5. The SMILES string of the molecule is COC1=CC(=O)C(C)=C(CC=C(C)CCC=C(C)CCC=C(C)CCC=C(C)CCC=C(C)CCC=C(C)CCC=C(C)CCC=C(C)CCC=C(C)C)C1=O. The fraction of sp³-hybridized carbons (Fsp3) is 0.547. The first-order valence-electron chi connectivity index (χ1n) is 21.6. The molecule has 0 spiro atoms. The Bertz CT molecular complexity index is 1610. The van der Waals surface area contributed by atoms with Gasteiger partial charge in [-0.15, -0.1) is 0 Å². The Kier molecular flexibility index (Phi) is 26.5. The zero-order valence-electron chi connectivity index (χ0n) is 38.0. The molecule has 0 atom stereocenters. The first-order valence-corrected chi connectivity index (χ1v) is 21.6. The van der Waals surface area contributed by atoms with Gasteiger partial charge in [-0.2, -0.15) is 0 Å². The van der Waals surface area contributed by atoms with Crippen LogP contribution in [0.3, 0.4) is 0 Å². The minimum absolute atomic E-state index is 0.135. The Labute approximate surface area is 345 Å². The molecule has 0 unspecified atom stereocenters. The maximum absolute atomic E-state index is 12.6. The molecule has 1 aliphatic carbocycles. The third-order valence-electron chi connectivity index (χ3n) is 10.8. The van der Waals surface area contributed by atoms with Crippen LogP contribution in [-0.2, 0) is 14.3 Å². The molecule has 310 valence electrons. The van der Waals surface area contributed by atoms with Gasteiger partial charge in [-0.05, 0) is 185 Å². The summed E-state index contributed by atoms with van der Waals surface area (Å²) in [4.78, 5) is 24.8. The molecule has 3 heteroatoms. The molecular formula is C53H80O3. The summed E-state index contributed by atoms with van der Waals surface area (Å²) < 4.78 is 5.10. The average molecular weight is 765 g/mol. The molecule has 0 heterocycles. The molecule has 0 N–H and O–H groups in total. The predicted molar refractivity (Wildman–Crippen MR) is 246 cm³/mol. The molecular weight excluding hydrogens is 685 g/mol. The number of rotatable bonds is 27. The molecule has 0 aliphatic heterocycles. The van der Waals surface area contributed by atoms with Crippen molar-refractivity contribution in [3.63, 3.8) is 0 Å². The van der Waals surface area contributed by atoms with Crippen LogP contribution in [0.5, 0.6) is 0 Å². The minimum atomic E-state index is -0.178. The fourth-order valence-corrected chi connectivity index (χ4v) is 6.66. The van der Waals surface area contributed by atoms with E-state index in [9.17, 15) is 9.59 Å². The van der Waals surface area contributed by atoms with E-state index in [0.717, 1.165) is 83.5 Å². The van der Waals surface area contributed by atoms with Gasteiger partial charge in [0.15, 0.2) is 11.5 Å². The van der Waals surface area contributed by atoms with Gasteiger partial charge < -0.3 is 4.74 Å². The lowest BCUT2D eigenvalue weighted by Crippen LogP contribution is -2.19. The smallest absolute Gasteiger partial charge is 0.224 e. The highest BCUT2D eigenvalue weighted by molar-refractivity contribution is 6.21. The van der Waals surface area contributed by atoms with Gasteiger partial charge in [-0.3, -0.25) is 9.59 Å². The van der Waals surface area contributed by atoms with Gasteiger partial charge in [0.25, 0.3) is 0 Å². The van der Waals surface area contributed by atoms with E-state index in [0.29, 0.717) is 17.6 Å². The average Bonchev–Trinajstić information content (AvgIpc) is 3.13. The van der Waals surface area contributed by atoms with Crippen LogP contribution in [0.25, 0.3) is 0 Å². The number of ether oxygens (including phenoxy) is 1. The topological polar surface area (TPSA) is 43.4 Å². The number of methoxy groups -OCH3 is 1. The van der Waals surface area contributed by atoms with Crippen LogP contribution in [0.15, 0.2) is 128 Å². The van der Waals surface area contributed by atoms with Crippen LogP contribution in [0.2, 0.25) is 0 Å². The molecule has 0 aromatic heterocycles. The van der Waals surface area contributed by atoms with Crippen molar-refractivity contribution in [2.45, 2.75) is 185 Å². The first-order chi connectivity index (χ1) is 26.6. The van der Waals surface area contributed by atoms with Crippen molar-refractivity contribution >= 4 is 11.6 Å². The van der Waals surface area contributed by atoms with E-state index in [4.69, 9.17) is 4.74 Å². The van der Waals surface area contributed by atoms with Crippen LogP contribution in [0.1, 0.15) is 185 Å². The highest BCUT2D eigenvalue weighted by Crippen LogP contribution is 2.24. The second kappa shape index (κ2) is 29.5. The lowest BCUT2D eigenvalue weighted by atomic mass is 9.91. The van der Waals surface area contributed by atoms with E-state index in [1.807, 2.05) is 0 Å². The maximum Gasteiger partial charge on any atom is 0.224 e. The Morgan fingerprint density at radius 3 is 0.982 bits per heavy atom. The minimum Gasteiger partial charge on any atom is -0.493 e. The Hall–Kier alpha value is -3.72. The molecule has 0 saturated heterocycles. The van der Waals surface area contributed by atoms with Gasteiger partial charge in [-0.1, -0.05) is 105 Å². The van der Waals surface area contributed by atoms with Crippen LogP contribution >= 0.6 is 0 Å². The normalized spacial score (nSPS) is 15.9. The molecule has 0 radical (unpaired) electrons. The number of carbonyl (C=O) groups excluding carboxylic acids is 2. The van der Waals surface area contributed by atoms with Gasteiger partial charge in [0.2, 0.25) is 5.78 Å². The van der Waals surface area contributed by atoms with Gasteiger partial charge in [-0.25, -0.2) is 0 Å². The van der Waals surface area contributed by atoms with E-state index in [-0.39, 0.29) is 17.3 Å². The van der Waals surface area contributed by atoms with Gasteiger partial charge >= 0.3 is 0 Å². The quantitative estimate of drug-likeness (QED) is 0.0618. The summed E-state index contributed by atoms with van der Waals surface area (Å²) in [5.41, 5.74) is 14.2. The molecule has 0 aromatic carbocycles. The summed E-state index contributed by atoms with van der Waals surface area (Å²) in [6, 6.07) is 0. The van der Waals surface area contributed by atoms with E-state index in [1.54, 1.807) is 6.92 Å². The second-order valence-electron chi connectivity index (χ2n) is 16.7. The van der Waals surface area contributed by atoms with Crippen molar-refractivity contribution in [1.82, 2.24) is 0 Å². The lowest BCUT2D eigenvalue weighted by Gasteiger charge is -2.15. The number of Topliss-reactive ketones (excluding diaryl/α,β-unsaturated/α-hetero) is 1. The first kappa shape index (κ1) is 50.3. The summed E-state index contributed by atoms with van der Waals surface area (Å²) in [6.07, 6.45) is 41.0. The van der Waals surface area contributed by atoms with Crippen LogP contribution in [-0.4, -0.2) is 18.7 Å². The summed E-state index contributed by atoms with van der Waals surface area (Å²) in [7, 11) is 1.43. The third kappa shape index (κ3) is 24.0. The summed E-state index contributed by atoms with van der Waals surface area (Å²) in [5, 5.41) is 0. The number of hydrogen-bond acceptors (Lipinski definition) is 3. The summed E-state index contributed by atoms with van der Waals surface area (Å²) in [6.45, 7) is 24.1. The molecule has 0 amide bonds. The molecule has 0 aromatic rings. The summed E-state index contributed by atoms with van der Waals surface area (Å²) in [5.74, 6) is -0.186. The predicted octanol–water partition coefficient (Wildman–Crippen LogP) is 16.2. The van der Waals surface area contributed by atoms with Crippen molar-refractivity contribution in [2.24, 2.45) is 0 Å². The Morgan fingerprint density at radius 1 is 0.446 bits per heavy atom. The second-order valence-corrected chi connectivity index (χ2v) is 16.7. The van der Waals surface area contributed by atoms with Crippen LogP contribution in [0.4, 0.5) is 0 Å². The largest absolute Gasteiger partial charge is 0.493 e. The molecule has 0 fully saturated rings. The molecule has 1 aliphatic rings. The highest BCUT2D eigenvalue weighted by Gasteiger charge is 2.25. The van der Waals surface area contributed by atoms with E-state index in [2.05, 4.69) is 124 Å². The number of allylic oxidation sites excluding steroid dienone is 21. The van der Waals surface area contributed by atoms with Crippen LogP contribution < -0.4 is 0 Å². The fourth-order valence-electron chi connectivity index (χ4n) is 6.66. The monoisotopic (exact) mass is 765 g/mol. The zero-order valence-corrected chi connectivity index (χ0v) is 38.0. The van der Waals surface area contributed by atoms with Gasteiger partial charge in [0.05, 0.1) is 7.11 Å². The van der Waals surface area contributed by atoms with Crippen molar-refractivity contribution < 1.29 is 14.3 Å². The summed E-state index contributed by atoms with van der Waals surface area (Å²) >= 11 is 0. The van der Waals surface area contributed by atoms with Crippen molar-refractivity contribution in [1.29, 1.82) is 0 Å². The third-order valence-corrected chi connectivity index (χ3v) is 10.8.